The molecular weight excluding hydrogens is 340 g/mol. The van der Waals surface area contributed by atoms with Gasteiger partial charge in [-0.3, -0.25) is 0 Å². The van der Waals surface area contributed by atoms with Gasteiger partial charge in [-0.1, -0.05) is 53.4 Å². The Bertz CT molecular complexity index is 351. The van der Waals surface area contributed by atoms with E-state index in [-0.39, 0.29) is 5.41 Å². The summed E-state index contributed by atoms with van der Waals surface area (Å²) in [6, 6.07) is 0. The zero-order chi connectivity index (χ0) is 19.5. The van der Waals surface area contributed by atoms with Gasteiger partial charge >= 0.3 is 0 Å². The van der Waals surface area contributed by atoms with Gasteiger partial charge in [0.15, 0.2) is 0 Å². The molecule has 2 atom stereocenters. The maximum Gasteiger partial charge on any atom is 0.0544 e. The smallest absolute Gasteiger partial charge is 0.0544 e. The van der Waals surface area contributed by atoms with Gasteiger partial charge in [0.1, 0.15) is 0 Å². The molecule has 0 aromatic rings. The Morgan fingerprint density at radius 2 is 1.30 bits per heavy atom. The molecule has 2 heterocycles. The van der Waals surface area contributed by atoms with Crippen LogP contribution in [0.2, 0.25) is 0 Å². The van der Waals surface area contributed by atoms with Gasteiger partial charge in [0.2, 0.25) is 0 Å². The summed E-state index contributed by atoms with van der Waals surface area (Å²) in [4.78, 5) is 0. The second kappa shape index (κ2) is 12.4. The topological polar surface area (TPSA) is 36.9 Å². The van der Waals surface area contributed by atoms with Gasteiger partial charge in [-0.15, -0.1) is 0 Å². The zero-order valence-corrected chi connectivity index (χ0v) is 18.3. The van der Waals surface area contributed by atoms with Gasteiger partial charge in [-0.2, -0.15) is 0 Å². The van der Waals surface area contributed by atoms with Crippen LogP contribution in [0, 0.1) is 29.1 Å². The summed E-state index contributed by atoms with van der Waals surface area (Å²) in [5.41, 5.74) is 0.165. The molecule has 0 aromatic heterocycles. The summed E-state index contributed by atoms with van der Waals surface area (Å²) in [6.45, 7) is 16.2. The van der Waals surface area contributed by atoms with E-state index < -0.39 is 0 Å². The quantitative estimate of drug-likeness (QED) is 0.377. The van der Waals surface area contributed by atoms with Crippen molar-refractivity contribution in [3.8, 4) is 0 Å². The lowest BCUT2D eigenvalue weighted by molar-refractivity contribution is -0.104. The molecule has 0 radical (unpaired) electrons. The van der Waals surface area contributed by atoms with E-state index >= 15 is 0 Å². The zero-order valence-electron chi connectivity index (χ0n) is 18.3. The molecule has 2 unspecified atom stereocenters. The largest absolute Gasteiger partial charge is 0.381 e. The first kappa shape index (κ1) is 23.1. The minimum absolute atomic E-state index is 0.165. The number of unbranched alkanes of at least 4 members (excludes halogenated alkanes) is 1. The van der Waals surface area contributed by atoms with Crippen LogP contribution < -0.4 is 0 Å². The molecule has 0 bridgehead atoms. The average Bonchev–Trinajstić information content (AvgIpc) is 2.60. The predicted octanol–water partition coefficient (Wildman–Crippen LogP) is 4.95. The molecule has 0 aromatic carbocycles. The summed E-state index contributed by atoms with van der Waals surface area (Å²) in [7, 11) is 0. The summed E-state index contributed by atoms with van der Waals surface area (Å²) < 4.78 is 23.4. The summed E-state index contributed by atoms with van der Waals surface area (Å²) in [6.07, 6.45) is 7.17. The fourth-order valence-electron chi connectivity index (χ4n) is 4.20. The fourth-order valence-corrected chi connectivity index (χ4v) is 4.20. The van der Waals surface area contributed by atoms with Crippen molar-refractivity contribution in [2.45, 2.75) is 66.2 Å². The van der Waals surface area contributed by atoms with Crippen LogP contribution in [-0.4, -0.2) is 52.9 Å². The van der Waals surface area contributed by atoms with Crippen LogP contribution in [0.25, 0.3) is 0 Å². The van der Waals surface area contributed by atoms with Gasteiger partial charge < -0.3 is 18.9 Å². The Balaban J connectivity index is 1.80. The fraction of sp³-hybridized carbons (Fsp3) is 1.00. The van der Waals surface area contributed by atoms with Gasteiger partial charge in [0.05, 0.1) is 39.6 Å². The van der Waals surface area contributed by atoms with E-state index in [1.165, 1.54) is 32.1 Å². The Labute approximate surface area is 167 Å². The minimum Gasteiger partial charge on any atom is -0.381 e. The Morgan fingerprint density at radius 3 is 1.59 bits per heavy atom. The predicted molar refractivity (Wildman–Crippen MR) is 110 cm³/mol. The maximum absolute atomic E-state index is 6.31. The first-order chi connectivity index (χ1) is 13.2. The molecular formula is C23H44O4. The molecule has 160 valence electrons. The van der Waals surface area contributed by atoms with Crippen LogP contribution in [0.5, 0.6) is 0 Å². The summed E-state index contributed by atoms with van der Waals surface area (Å²) in [5.74, 6) is 2.69. The molecule has 27 heavy (non-hydrogen) atoms. The molecule has 0 amide bonds. The van der Waals surface area contributed by atoms with Crippen LogP contribution in [0.3, 0.4) is 0 Å². The first-order valence-corrected chi connectivity index (χ1v) is 11.5. The van der Waals surface area contributed by atoms with E-state index in [0.717, 1.165) is 59.3 Å². The van der Waals surface area contributed by atoms with E-state index in [1.807, 2.05) is 0 Å². The van der Waals surface area contributed by atoms with E-state index in [0.29, 0.717) is 23.7 Å². The molecule has 2 rings (SSSR count). The van der Waals surface area contributed by atoms with Crippen molar-refractivity contribution in [2.24, 2.45) is 29.1 Å². The molecule has 0 saturated carbocycles. The molecule has 0 spiro atoms. The van der Waals surface area contributed by atoms with Crippen LogP contribution in [0.15, 0.2) is 0 Å². The SMILES string of the molecule is CCCCC(CC)(COCC(CC)C1COC1)COCC(CC)C1COC1. The van der Waals surface area contributed by atoms with Crippen molar-refractivity contribution < 1.29 is 18.9 Å². The van der Waals surface area contributed by atoms with Crippen molar-refractivity contribution in [1.29, 1.82) is 0 Å². The highest BCUT2D eigenvalue weighted by Crippen LogP contribution is 2.32. The summed E-state index contributed by atoms with van der Waals surface area (Å²) >= 11 is 0. The minimum atomic E-state index is 0.165. The van der Waals surface area contributed by atoms with E-state index in [1.54, 1.807) is 0 Å². The average molecular weight is 385 g/mol. The normalized spacial score (nSPS) is 22.7. The second-order valence-corrected chi connectivity index (χ2v) is 8.92. The third kappa shape index (κ3) is 6.99. The lowest BCUT2D eigenvalue weighted by atomic mass is 9.81. The van der Waals surface area contributed by atoms with Crippen LogP contribution in [-0.2, 0) is 18.9 Å². The van der Waals surface area contributed by atoms with E-state index in [9.17, 15) is 0 Å². The highest BCUT2D eigenvalue weighted by Gasteiger charge is 2.32. The maximum atomic E-state index is 6.31. The monoisotopic (exact) mass is 384 g/mol. The number of hydrogen-bond acceptors (Lipinski definition) is 4. The summed E-state index contributed by atoms with van der Waals surface area (Å²) in [5, 5.41) is 0. The third-order valence-electron chi connectivity index (χ3n) is 7.00. The first-order valence-electron chi connectivity index (χ1n) is 11.5. The molecule has 4 nitrogen and oxygen atoms in total. The van der Waals surface area contributed by atoms with Crippen molar-refractivity contribution in [3.63, 3.8) is 0 Å². The standard InChI is InChI=1S/C23H44O4/c1-5-9-10-23(8-4,17-26-11-19(6-2)21-13-24-14-21)18-27-12-20(7-3)22-15-25-16-22/h19-22H,5-18H2,1-4H3. The highest BCUT2D eigenvalue weighted by molar-refractivity contribution is 4.80. The molecule has 2 aliphatic heterocycles. The molecule has 0 N–H and O–H groups in total. The Kier molecular flexibility index (Phi) is 10.6. The second-order valence-electron chi connectivity index (χ2n) is 8.92. The van der Waals surface area contributed by atoms with Gasteiger partial charge in [-0.05, 0) is 24.7 Å². The van der Waals surface area contributed by atoms with Crippen LogP contribution in [0.1, 0.15) is 66.2 Å². The van der Waals surface area contributed by atoms with E-state index in [4.69, 9.17) is 18.9 Å². The van der Waals surface area contributed by atoms with Crippen molar-refractivity contribution in [2.75, 3.05) is 52.9 Å². The van der Waals surface area contributed by atoms with Crippen LogP contribution in [0.4, 0.5) is 0 Å². The molecule has 2 fully saturated rings. The third-order valence-corrected chi connectivity index (χ3v) is 7.00. The Hall–Kier alpha value is -0.160. The lowest BCUT2D eigenvalue weighted by Crippen LogP contribution is -2.39. The van der Waals surface area contributed by atoms with Gasteiger partial charge in [0.25, 0.3) is 0 Å². The van der Waals surface area contributed by atoms with Crippen LogP contribution >= 0.6 is 0 Å². The number of ether oxygens (including phenoxy) is 4. The van der Waals surface area contributed by atoms with Gasteiger partial charge in [0, 0.05) is 30.5 Å². The Morgan fingerprint density at radius 1 is 0.815 bits per heavy atom. The van der Waals surface area contributed by atoms with Crippen molar-refractivity contribution >= 4 is 0 Å². The van der Waals surface area contributed by atoms with Crippen molar-refractivity contribution in [3.05, 3.63) is 0 Å². The van der Waals surface area contributed by atoms with Gasteiger partial charge in [-0.25, -0.2) is 0 Å². The molecule has 2 aliphatic rings. The molecule has 2 saturated heterocycles. The number of hydrogen-bond donors (Lipinski definition) is 0. The highest BCUT2D eigenvalue weighted by atomic mass is 16.5. The molecule has 0 aliphatic carbocycles. The molecule has 4 heteroatoms. The van der Waals surface area contributed by atoms with E-state index in [2.05, 4.69) is 27.7 Å². The lowest BCUT2D eigenvalue weighted by Gasteiger charge is -2.37. The number of rotatable bonds is 16. The van der Waals surface area contributed by atoms with Crippen molar-refractivity contribution in [1.82, 2.24) is 0 Å².